The molecule has 6 nitrogen and oxygen atoms in total. The van der Waals surface area contributed by atoms with E-state index in [9.17, 15) is 9.90 Å². The topological polar surface area (TPSA) is 80.9 Å². The van der Waals surface area contributed by atoms with E-state index in [1.54, 1.807) is 10.9 Å². The molecule has 3 aromatic heterocycles. The summed E-state index contributed by atoms with van der Waals surface area (Å²) in [5.74, 6) is 0.0698. The van der Waals surface area contributed by atoms with Crippen molar-refractivity contribution in [1.29, 1.82) is 0 Å². The molecule has 30 heavy (non-hydrogen) atoms. The van der Waals surface area contributed by atoms with Crippen LogP contribution >= 0.6 is 22.9 Å². The summed E-state index contributed by atoms with van der Waals surface area (Å²) in [7, 11) is 0. The number of aromatic nitrogens is 4. The van der Waals surface area contributed by atoms with Gasteiger partial charge in [-0.3, -0.25) is 4.79 Å². The number of rotatable bonds is 4. The van der Waals surface area contributed by atoms with Crippen LogP contribution in [0.5, 0.6) is 5.75 Å². The third-order valence-corrected chi connectivity index (χ3v) is 5.82. The van der Waals surface area contributed by atoms with Gasteiger partial charge >= 0.3 is 0 Å². The first kappa shape index (κ1) is 18.5. The Kier molecular flexibility index (Phi) is 4.54. The molecule has 0 unspecified atom stereocenters. The molecule has 146 valence electrons. The molecule has 0 fully saturated rings. The van der Waals surface area contributed by atoms with Crippen LogP contribution in [0.1, 0.15) is 15.9 Å². The van der Waals surface area contributed by atoms with Gasteiger partial charge < -0.3 is 5.11 Å². The number of hydrogen-bond acceptors (Lipinski definition) is 6. The molecular formula is C22H13ClN4O2S. The third kappa shape index (κ3) is 3.14. The maximum absolute atomic E-state index is 12.9. The first-order valence-corrected chi connectivity index (χ1v) is 10.2. The van der Waals surface area contributed by atoms with Crippen molar-refractivity contribution in [3.8, 4) is 22.7 Å². The van der Waals surface area contributed by atoms with Crippen molar-refractivity contribution in [2.45, 2.75) is 0 Å². The predicted octanol–water partition coefficient (Wildman–Crippen LogP) is 5.13. The monoisotopic (exact) mass is 432 g/mol. The molecule has 0 aliphatic heterocycles. The molecule has 2 aromatic carbocycles. The number of phenolic OH excluding ortho intramolecular Hbond substituents is 1. The van der Waals surface area contributed by atoms with E-state index in [0.717, 1.165) is 21.3 Å². The van der Waals surface area contributed by atoms with E-state index in [2.05, 4.69) is 15.1 Å². The summed E-state index contributed by atoms with van der Waals surface area (Å²) >= 11 is 7.50. The number of ketones is 1. The Morgan fingerprint density at radius 2 is 1.93 bits per heavy atom. The molecule has 0 saturated heterocycles. The van der Waals surface area contributed by atoms with Gasteiger partial charge in [0.1, 0.15) is 16.9 Å². The minimum absolute atomic E-state index is 0.121. The Morgan fingerprint density at radius 1 is 1.10 bits per heavy atom. The largest absolute Gasteiger partial charge is 0.507 e. The summed E-state index contributed by atoms with van der Waals surface area (Å²) < 4.78 is 1.55. The molecule has 0 amide bonds. The molecule has 0 bridgehead atoms. The second kappa shape index (κ2) is 7.37. The van der Waals surface area contributed by atoms with Crippen molar-refractivity contribution in [3.05, 3.63) is 88.8 Å². The standard InChI is InChI=1S/C22H13ClN4O2S/c23-15-6-7-18(28)16(8-15)20(29)14-9-26-27(10-14)21-19-17(13-4-2-1-3-5-13)11-30-22(19)25-12-24-21/h1-12,28H. The quantitative estimate of drug-likeness (QED) is 0.398. The molecule has 3 heterocycles. The van der Waals surface area contributed by atoms with Gasteiger partial charge in [0.15, 0.2) is 11.6 Å². The van der Waals surface area contributed by atoms with Gasteiger partial charge in [0.25, 0.3) is 0 Å². The highest BCUT2D eigenvalue weighted by atomic mass is 35.5. The summed E-state index contributed by atoms with van der Waals surface area (Å²) in [4.78, 5) is 22.5. The first-order chi connectivity index (χ1) is 14.6. The highest BCUT2D eigenvalue weighted by Gasteiger charge is 2.19. The molecule has 8 heteroatoms. The molecule has 1 N–H and O–H groups in total. The lowest BCUT2D eigenvalue weighted by Crippen LogP contribution is -2.02. The Labute approximate surface area is 180 Å². The molecule has 0 radical (unpaired) electrons. The maximum Gasteiger partial charge on any atom is 0.199 e. The SMILES string of the molecule is O=C(c1cnn(-c2ncnc3scc(-c4ccccc4)c23)c1)c1cc(Cl)ccc1O. The Hall–Kier alpha value is -3.55. The number of halogens is 1. The van der Waals surface area contributed by atoms with E-state index < -0.39 is 0 Å². The fourth-order valence-electron chi connectivity index (χ4n) is 3.26. The van der Waals surface area contributed by atoms with Crippen LogP contribution in [-0.4, -0.2) is 30.6 Å². The summed E-state index contributed by atoms with van der Waals surface area (Å²) in [5.41, 5.74) is 2.49. The zero-order chi connectivity index (χ0) is 20.7. The zero-order valence-electron chi connectivity index (χ0n) is 15.4. The van der Waals surface area contributed by atoms with Crippen LogP contribution in [0.15, 0.2) is 72.6 Å². The summed E-state index contributed by atoms with van der Waals surface area (Å²) in [6, 6.07) is 14.3. The minimum atomic E-state index is -0.375. The molecule has 0 aliphatic carbocycles. The van der Waals surface area contributed by atoms with Gasteiger partial charge in [-0.1, -0.05) is 41.9 Å². The third-order valence-electron chi connectivity index (χ3n) is 4.70. The number of thiophene rings is 1. The number of nitrogens with zero attached hydrogens (tertiary/aromatic N) is 4. The summed E-state index contributed by atoms with van der Waals surface area (Å²) in [6.07, 6.45) is 4.52. The number of phenols is 1. The van der Waals surface area contributed by atoms with E-state index in [4.69, 9.17) is 11.6 Å². The number of benzene rings is 2. The van der Waals surface area contributed by atoms with Crippen LogP contribution in [0.3, 0.4) is 0 Å². The predicted molar refractivity (Wildman–Crippen MR) is 117 cm³/mol. The van der Waals surface area contributed by atoms with Crippen molar-refractivity contribution < 1.29 is 9.90 Å². The zero-order valence-corrected chi connectivity index (χ0v) is 16.9. The van der Waals surface area contributed by atoms with Gasteiger partial charge in [0, 0.05) is 22.2 Å². The lowest BCUT2D eigenvalue weighted by atomic mass is 10.1. The van der Waals surface area contributed by atoms with Crippen molar-refractivity contribution in [2.75, 3.05) is 0 Å². The van der Waals surface area contributed by atoms with Crippen molar-refractivity contribution in [3.63, 3.8) is 0 Å². The first-order valence-electron chi connectivity index (χ1n) is 8.97. The highest BCUT2D eigenvalue weighted by molar-refractivity contribution is 7.17. The van der Waals surface area contributed by atoms with Crippen molar-refractivity contribution in [1.82, 2.24) is 19.7 Å². The molecule has 0 atom stereocenters. The van der Waals surface area contributed by atoms with Crippen LogP contribution in [0, 0.1) is 0 Å². The fraction of sp³-hybridized carbons (Fsp3) is 0. The van der Waals surface area contributed by atoms with E-state index >= 15 is 0 Å². The molecule has 5 rings (SSSR count). The lowest BCUT2D eigenvalue weighted by Gasteiger charge is -2.05. The maximum atomic E-state index is 12.9. The Balaban J connectivity index is 1.61. The fourth-order valence-corrected chi connectivity index (χ4v) is 4.35. The number of carbonyl (C=O) groups excluding carboxylic acids is 1. The lowest BCUT2D eigenvalue weighted by molar-refractivity contribution is 0.103. The van der Waals surface area contributed by atoms with E-state index in [-0.39, 0.29) is 17.1 Å². The normalized spacial score (nSPS) is 11.1. The Bertz CT molecular complexity index is 1400. The van der Waals surface area contributed by atoms with Gasteiger partial charge in [-0.2, -0.15) is 5.10 Å². The van der Waals surface area contributed by atoms with Gasteiger partial charge in [-0.15, -0.1) is 11.3 Å². The number of carbonyl (C=O) groups is 1. The second-order valence-electron chi connectivity index (χ2n) is 6.56. The average molecular weight is 433 g/mol. The number of fused-ring (bicyclic) bond motifs is 1. The van der Waals surface area contributed by atoms with Crippen molar-refractivity contribution in [2.24, 2.45) is 0 Å². The number of hydrogen-bond donors (Lipinski definition) is 1. The molecule has 0 saturated carbocycles. The minimum Gasteiger partial charge on any atom is -0.507 e. The van der Waals surface area contributed by atoms with Gasteiger partial charge in [0.2, 0.25) is 0 Å². The van der Waals surface area contributed by atoms with Gasteiger partial charge in [0.05, 0.1) is 22.7 Å². The van der Waals surface area contributed by atoms with Gasteiger partial charge in [-0.25, -0.2) is 14.6 Å². The molecular weight excluding hydrogens is 420 g/mol. The molecule has 0 aliphatic rings. The van der Waals surface area contributed by atoms with E-state index in [1.807, 2.05) is 35.7 Å². The van der Waals surface area contributed by atoms with Crippen LogP contribution in [0.2, 0.25) is 5.02 Å². The highest BCUT2D eigenvalue weighted by Crippen LogP contribution is 2.35. The second-order valence-corrected chi connectivity index (χ2v) is 7.85. The van der Waals surface area contributed by atoms with Crippen LogP contribution < -0.4 is 0 Å². The van der Waals surface area contributed by atoms with E-state index in [0.29, 0.717) is 16.4 Å². The summed E-state index contributed by atoms with van der Waals surface area (Å²) in [6.45, 7) is 0. The smallest absolute Gasteiger partial charge is 0.199 e. The molecule has 5 aromatic rings. The summed E-state index contributed by atoms with van der Waals surface area (Å²) in [5, 5.41) is 17.7. The van der Waals surface area contributed by atoms with Crippen molar-refractivity contribution >= 4 is 38.9 Å². The van der Waals surface area contributed by atoms with Crippen LogP contribution in [0.25, 0.3) is 27.2 Å². The van der Waals surface area contributed by atoms with E-state index in [1.165, 1.54) is 42.1 Å². The van der Waals surface area contributed by atoms with Crippen LogP contribution in [-0.2, 0) is 0 Å². The Morgan fingerprint density at radius 3 is 2.77 bits per heavy atom. The van der Waals surface area contributed by atoms with Gasteiger partial charge in [-0.05, 0) is 23.8 Å². The van der Waals surface area contributed by atoms with Crippen LogP contribution in [0.4, 0.5) is 0 Å². The number of aromatic hydroxyl groups is 1. The average Bonchev–Trinajstić information content (AvgIpc) is 3.43. The molecule has 0 spiro atoms.